The maximum Gasteiger partial charge on any atom is 0.397 e. The van der Waals surface area contributed by atoms with Crippen LogP contribution in [0.4, 0.5) is 18.9 Å². The van der Waals surface area contributed by atoms with Gasteiger partial charge in [0.2, 0.25) is 0 Å². The van der Waals surface area contributed by atoms with Gasteiger partial charge in [0.25, 0.3) is 5.91 Å². The van der Waals surface area contributed by atoms with Crippen molar-refractivity contribution in [3.8, 4) is 0 Å². The number of carbonyl (C=O) groups is 2. The first-order valence-corrected chi connectivity index (χ1v) is 7.35. The molecule has 0 aromatic heterocycles. The average molecular weight is 351 g/mol. The number of carboxylic acid groups (broad SMARTS) is 1. The van der Waals surface area contributed by atoms with Gasteiger partial charge < -0.3 is 10.4 Å². The lowest BCUT2D eigenvalue weighted by Crippen LogP contribution is -2.36. The molecule has 0 aliphatic heterocycles. The summed E-state index contributed by atoms with van der Waals surface area (Å²) in [6.07, 6.45) is -4.42. The van der Waals surface area contributed by atoms with E-state index in [1.54, 1.807) is 6.07 Å². The largest absolute Gasteiger partial charge is 0.478 e. The number of benzene rings is 2. The first kappa shape index (κ1) is 18.5. The topological polar surface area (TPSA) is 66.4 Å². The molecule has 0 aliphatic rings. The van der Waals surface area contributed by atoms with Crippen LogP contribution in [-0.4, -0.2) is 23.2 Å². The Labute approximate surface area is 142 Å². The molecule has 0 bridgehead atoms. The quantitative estimate of drug-likeness (QED) is 0.854. The molecule has 0 aliphatic carbocycles. The average Bonchev–Trinajstić information content (AvgIpc) is 2.54. The van der Waals surface area contributed by atoms with Crippen LogP contribution in [0.2, 0.25) is 0 Å². The van der Waals surface area contributed by atoms with Crippen molar-refractivity contribution in [3.63, 3.8) is 0 Å². The smallest absolute Gasteiger partial charge is 0.397 e. The molecule has 0 radical (unpaired) electrons. The number of nitrogens with one attached hydrogen (secondary N) is 1. The van der Waals surface area contributed by atoms with Crippen LogP contribution in [-0.2, 0) is 5.41 Å². The van der Waals surface area contributed by atoms with Gasteiger partial charge >= 0.3 is 12.1 Å². The van der Waals surface area contributed by atoms with Crippen LogP contribution < -0.4 is 5.32 Å². The summed E-state index contributed by atoms with van der Waals surface area (Å²) in [5.74, 6) is -1.80. The van der Waals surface area contributed by atoms with Crippen LogP contribution in [0.1, 0.15) is 40.1 Å². The lowest BCUT2D eigenvalue weighted by molar-refractivity contribution is -0.180. The Kier molecular flexibility index (Phi) is 4.87. The highest BCUT2D eigenvalue weighted by atomic mass is 19.4. The van der Waals surface area contributed by atoms with Gasteiger partial charge in [-0.3, -0.25) is 4.79 Å². The van der Waals surface area contributed by atoms with Crippen molar-refractivity contribution in [1.82, 2.24) is 0 Å². The molecule has 2 aromatic rings. The zero-order valence-electron chi connectivity index (χ0n) is 13.5. The molecule has 4 nitrogen and oxygen atoms in total. The van der Waals surface area contributed by atoms with Crippen molar-refractivity contribution in [2.45, 2.75) is 25.4 Å². The zero-order chi connectivity index (χ0) is 18.8. The van der Waals surface area contributed by atoms with E-state index in [9.17, 15) is 22.8 Å². The van der Waals surface area contributed by atoms with E-state index in [0.29, 0.717) is 0 Å². The third-order valence-electron chi connectivity index (χ3n) is 3.98. The maximum atomic E-state index is 13.1. The SMILES string of the molecule is CC(C)(c1ccc(C(=O)Nc2ccccc2C(=O)O)cc1)C(F)(F)F. The van der Waals surface area contributed by atoms with Crippen molar-refractivity contribution in [2.75, 3.05) is 5.32 Å². The Bertz CT molecular complexity index is 796. The third kappa shape index (κ3) is 3.81. The molecule has 132 valence electrons. The molecule has 0 heterocycles. The fourth-order valence-corrected chi connectivity index (χ4v) is 2.18. The Morgan fingerprint density at radius 1 is 0.960 bits per heavy atom. The second-order valence-corrected chi connectivity index (χ2v) is 6.00. The van der Waals surface area contributed by atoms with Gasteiger partial charge in [-0.25, -0.2) is 4.79 Å². The molecule has 0 unspecified atom stereocenters. The number of hydrogen-bond donors (Lipinski definition) is 2. The highest BCUT2D eigenvalue weighted by Gasteiger charge is 2.48. The molecule has 0 fully saturated rings. The second-order valence-electron chi connectivity index (χ2n) is 6.00. The molecular weight excluding hydrogens is 335 g/mol. The number of aromatic carboxylic acids is 1. The van der Waals surface area contributed by atoms with E-state index < -0.39 is 23.5 Å². The van der Waals surface area contributed by atoms with Crippen molar-refractivity contribution < 1.29 is 27.9 Å². The number of hydrogen-bond acceptors (Lipinski definition) is 2. The van der Waals surface area contributed by atoms with Crippen LogP contribution in [0, 0.1) is 0 Å². The van der Waals surface area contributed by atoms with E-state index in [1.165, 1.54) is 42.5 Å². The highest BCUT2D eigenvalue weighted by molar-refractivity contribution is 6.07. The number of anilines is 1. The van der Waals surface area contributed by atoms with E-state index in [0.717, 1.165) is 13.8 Å². The first-order valence-electron chi connectivity index (χ1n) is 7.35. The van der Waals surface area contributed by atoms with E-state index in [2.05, 4.69) is 5.32 Å². The van der Waals surface area contributed by atoms with E-state index >= 15 is 0 Å². The molecule has 0 spiro atoms. The standard InChI is InChI=1S/C18H16F3NO3/c1-17(2,18(19,20)21)12-9-7-11(8-10-12)15(23)22-14-6-4-3-5-13(14)16(24)25/h3-10H,1-2H3,(H,22,23)(H,24,25). The maximum absolute atomic E-state index is 13.1. The molecule has 0 saturated heterocycles. The first-order chi connectivity index (χ1) is 11.5. The predicted molar refractivity (Wildman–Crippen MR) is 86.9 cm³/mol. The molecule has 1 amide bonds. The number of para-hydroxylation sites is 1. The fraction of sp³-hybridized carbons (Fsp3) is 0.222. The van der Waals surface area contributed by atoms with Crippen LogP contribution in [0.3, 0.4) is 0 Å². The van der Waals surface area contributed by atoms with Crippen molar-refractivity contribution >= 4 is 17.6 Å². The van der Waals surface area contributed by atoms with Crippen LogP contribution in [0.5, 0.6) is 0 Å². The normalized spacial score (nSPS) is 11.9. The lowest BCUT2D eigenvalue weighted by Gasteiger charge is -2.28. The molecule has 7 heteroatoms. The molecule has 2 rings (SSSR count). The van der Waals surface area contributed by atoms with Crippen molar-refractivity contribution in [1.29, 1.82) is 0 Å². The molecule has 0 atom stereocenters. The van der Waals surface area contributed by atoms with Gasteiger partial charge in [-0.2, -0.15) is 13.2 Å². The van der Waals surface area contributed by atoms with Crippen molar-refractivity contribution in [3.05, 3.63) is 65.2 Å². The number of rotatable bonds is 4. The lowest BCUT2D eigenvalue weighted by atomic mass is 9.83. The van der Waals surface area contributed by atoms with Gasteiger partial charge in [-0.15, -0.1) is 0 Å². The van der Waals surface area contributed by atoms with E-state index in [-0.39, 0.29) is 22.4 Å². The fourth-order valence-electron chi connectivity index (χ4n) is 2.18. The van der Waals surface area contributed by atoms with Gasteiger partial charge in [-0.05, 0) is 43.7 Å². The van der Waals surface area contributed by atoms with E-state index in [4.69, 9.17) is 5.11 Å². The molecule has 25 heavy (non-hydrogen) atoms. The summed E-state index contributed by atoms with van der Waals surface area (Å²) in [4.78, 5) is 23.4. The number of alkyl halides is 3. The van der Waals surface area contributed by atoms with Gasteiger partial charge in [0.05, 0.1) is 16.7 Å². The Balaban J connectivity index is 2.24. The van der Waals surface area contributed by atoms with Crippen LogP contribution in [0.25, 0.3) is 0 Å². The van der Waals surface area contributed by atoms with Crippen LogP contribution in [0.15, 0.2) is 48.5 Å². The Morgan fingerprint density at radius 2 is 1.52 bits per heavy atom. The van der Waals surface area contributed by atoms with Crippen molar-refractivity contribution in [2.24, 2.45) is 0 Å². The molecule has 0 saturated carbocycles. The Morgan fingerprint density at radius 3 is 2.04 bits per heavy atom. The summed E-state index contributed by atoms with van der Waals surface area (Å²) >= 11 is 0. The number of halogens is 3. The summed E-state index contributed by atoms with van der Waals surface area (Å²) in [5.41, 5.74) is -1.85. The summed E-state index contributed by atoms with van der Waals surface area (Å²) in [6, 6.07) is 10.9. The minimum Gasteiger partial charge on any atom is -0.478 e. The third-order valence-corrected chi connectivity index (χ3v) is 3.98. The summed E-state index contributed by atoms with van der Waals surface area (Å²) < 4.78 is 39.2. The number of amides is 1. The highest BCUT2D eigenvalue weighted by Crippen LogP contribution is 2.40. The minimum atomic E-state index is -4.42. The summed E-state index contributed by atoms with van der Waals surface area (Å²) in [7, 11) is 0. The molecular formula is C18H16F3NO3. The van der Waals surface area contributed by atoms with Gasteiger partial charge in [-0.1, -0.05) is 24.3 Å². The van der Waals surface area contributed by atoms with Gasteiger partial charge in [0.1, 0.15) is 0 Å². The number of carboxylic acids is 1. The second kappa shape index (κ2) is 6.58. The van der Waals surface area contributed by atoms with E-state index in [1.807, 2.05) is 0 Å². The van der Waals surface area contributed by atoms with Gasteiger partial charge in [0, 0.05) is 5.56 Å². The molecule has 2 aromatic carbocycles. The Hall–Kier alpha value is -2.83. The summed E-state index contributed by atoms with van der Waals surface area (Å²) in [6.45, 7) is 2.12. The zero-order valence-corrected chi connectivity index (χ0v) is 13.5. The van der Waals surface area contributed by atoms with Crippen LogP contribution >= 0.6 is 0 Å². The number of carbonyl (C=O) groups excluding carboxylic acids is 1. The van der Waals surface area contributed by atoms with Gasteiger partial charge in [0.15, 0.2) is 0 Å². The minimum absolute atomic E-state index is 0.0301. The summed E-state index contributed by atoms with van der Waals surface area (Å²) in [5, 5.41) is 11.5. The monoisotopic (exact) mass is 351 g/mol. The molecule has 2 N–H and O–H groups in total. The predicted octanol–water partition coefficient (Wildman–Crippen LogP) is 4.48.